The number of hydrogen-bond acceptors (Lipinski definition) is 4. The zero-order valence-corrected chi connectivity index (χ0v) is 11.8. The van der Waals surface area contributed by atoms with Gasteiger partial charge in [0.25, 0.3) is 0 Å². The van der Waals surface area contributed by atoms with Gasteiger partial charge < -0.3 is 25.4 Å². The number of methoxy groups -OCH3 is 1. The summed E-state index contributed by atoms with van der Waals surface area (Å²) in [6.45, 7) is 0.501. The van der Waals surface area contributed by atoms with Crippen LogP contribution in [0, 0.1) is 0 Å². The summed E-state index contributed by atoms with van der Waals surface area (Å²) in [6, 6.07) is 6.58. The zero-order chi connectivity index (χ0) is 15.2. The number of nitrogens with zero attached hydrogens (tertiary/aromatic N) is 1. The zero-order valence-electron chi connectivity index (χ0n) is 11.8. The molecule has 114 valence electrons. The SMILES string of the molecule is COc1ccc(N2C[C@@H](NC(=O)NCCO)CC2=O)cc1. The molecule has 3 amide bonds. The Labute approximate surface area is 122 Å². The van der Waals surface area contributed by atoms with E-state index in [9.17, 15) is 9.59 Å². The number of urea groups is 1. The molecule has 0 aliphatic carbocycles. The molecule has 7 nitrogen and oxygen atoms in total. The fourth-order valence-corrected chi connectivity index (χ4v) is 2.22. The minimum atomic E-state index is -0.376. The van der Waals surface area contributed by atoms with Crippen molar-refractivity contribution in [2.75, 3.05) is 31.7 Å². The number of benzene rings is 1. The Bertz CT molecular complexity index is 503. The average Bonchev–Trinajstić information content (AvgIpc) is 2.85. The Morgan fingerprint density at radius 1 is 1.43 bits per heavy atom. The molecule has 1 aromatic carbocycles. The van der Waals surface area contributed by atoms with Gasteiger partial charge in [0.1, 0.15) is 5.75 Å². The molecule has 1 aliphatic heterocycles. The maximum atomic E-state index is 12.0. The normalized spacial score (nSPS) is 17.7. The van der Waals surface area contributed by atoms with E-state index in [2.05, 4.69) is 10.6 Å². The minimum Gasteiger partial charge on any atom is -0.497 e. The first-order valence-electron chi connectivity index (χ1n) is 6.73. The van der Waals surface area contributed by atoms with Gasteiger partial charge >= 0.3 is 6.03 Å². The topological polar surface area (TPSA) is 90.9 Å². The smallest absolute Gasteiger partial charge is 0.315 e. The lowest BCUT2D eigenvalue weighted by Gasteiger charge is -2.17. The summed E-state index contributed by atoms with van der Waals surface area (Å²) >= 11 is 0. The third-order valence-electron chi connectivity index (χ3n) is 3.24. The molecule has 1 aromatic rings. The van der Waals surface area contributed by atoms with Gasteiger partial charge in [0.2, 0.25) is 5.91 Å². The molecule has 1 atom stereocenters. The first-order valence-corrected chi connectivity index (χ1v) is 6.73. The van der Waals surface area contributed by atoms with Crippen molar-refractivity contribution in [3.63, 3.8) is 0 Å². The molecular weight excluding hydrogens is 274 g/mol. The molecule has 7 heteroatoms. The van der Waals surface area contributed by atoms with Gasteiger partial charge in [-0.05, 0) is 24.3 Å². The van der Waals surface area contributed by atoms with Crippen molar-refractivity contribution in [1.82, 2.24) is 10.6 Å². The van der Waals surface area contributed by atoms with Crippen molar-refractivity contribution in [3.8, 4) is 5.75 Å². The van der Waals surface area contributed by atoms with E-state index in [1.54, 1.807) is 24.1 Å². The van der Waals surface area contributed by atoms with Gasteiger partial charge in [0.05, 0.1) is 19.8 Å². The standard InChI is InChI=1S/C14H19N3O4/c1-21-12-4-2-11(3-5-12)17-9-10(8-13(17)19)16-14(20)15-6-7-18/h2-5,10,18H,6-9H2,1H3,(H2,15,16,20)/t10-/m0/s1. The van der Waals surface area contributed by atoms with Crippen LogP contribution in [0.2, 0.25) is 0 Å². The van der Waals surface area contributed by atoms with Crippen LogP contribution >= 0.6 is 0 Å². The quantitative estimate of drug-likeness (QED) is 0.717. The van der Waals surface area contributed by atoms with E-state index in [1.165, 1.54) is 0 Å². The number of carbonyl (C=O) groups excluding carboxylic acids is 2. The molecule has 1 saturated heterocycles. The Kier molecular flexibility index (Phi) is 4.99. The number of hydrogen-bond donors (Lipinski definition) is 3. The Hall–Kier alpha value is -2.28. The van der Waals surface area contributed by atoms with E-state index in [4.69, 9.17) is 9.84 Å². The summed E-state index contributed by atoms with van der Waals surface area (Å²) in [6.07, 6.45) is 0.262. The molecule has 0 unspecified atom stereocenters. The van der Waals surface area contributed by atoms with Gasteiger partial charge in [-0.1, -0.05) is 0 Å². The fraction of sp³-hybridized carbons (Fsp3) is 0.429. The maximum Gasteiger partial charge on any atom is 0.315 e. The van der Waals surface area contributed by atoms with E-state index < -0.39 is 0 Å². The second kappa shape index (κ2) is 6.94. The molecule has 21 heavy (non-hydrogen) atoms. The molecule has 1 heterocycles. The van der Waals surface area contributed by atoms with Gasteiger partial charge in [0, 0.05) is 25.2 Å². The van der Waals surface area contributed by atoms with Gasteiger partial charge in [0.15, 0.2) is 0 Å². The lowest BCUT2D eigenvalue weighted by molar-refractivity contribution is -0.117. The molecule has 0 aromatic heterocycles. The molecule has 0 spiro atoms. The summed E-state index contributed by atoms with van der Waals surface area (Å²) < 4.78 is 5.08. The van der Waals surface area contributed by atoms with Crippen LogP contribution in [0.3, 0.4) is 0 Å². The highest BCUT2D eigenvalue weighted by atomic mass is 16.5. The van der Waals surface area contributed by atoms with E-state index >= 15 is 0 Å². The monoisotopic (exact) mass is 293 g/mol. The first-order chi connectivity index (χ1) is 10.1. The summed E-state index contributed by atoms with van der Waals surface area (Å²) in [7, 11) is 1.58. The molecule has 1 aliphatic rings. The van der Waals surface area contributed by atoms with Crippen molar-refractivity contribution in [2.45, 2.75) is 12.5 Å². The molecule has 0 bridgehead atoms. The second-order valence-electron chi connectivity index (χ2n) is 4.73. The fourth-order valence-electron chi connectivity index (χ4n) is 2.22. The van der Waals surface area contributed by atoms with Crippen LogP contribution in [0.4, 0.5) is 10.5 Å². The van der Waals surface area contributed by atoms with Gasteiger partial charge in [-0.3, -0.25) is 4.79 Å². The number of rotatable bonds is 5. The number of aliphatic hydroxyl groups excluding tert-OH is 1. The van der Waals surface area contributed by atoms with Crippen LogP contribution in [0.5, 0.6) is 5.75 Å². The lowest BCUT2D eigenvalue weighted by Crippen LogP contribution is -2.44. The Balaban J connectivity index is 1.94. The number of nitrogens with one attached hydrogen (secondary N) is 2. The maximum absolute atomic E-state index is 12.0. The van der Waals surface area contributed by atoms with Crippen LogP contribution in [0.1, 0.15) is 6.42 Å². The molecule has 2 rings (SSSR count). The Morgan fingerprint density at radius 3 is 2.76 bits per heavy atom. The van der Waals surface area contributed by atoms with Gasteiger partial charge in [-0.15, -0.1) is 0 Å². The molecule has 1 fully saturated rings. The number of carbonyl (C=O) groups is 2. The number of amides is 3. The largest absolute Gasteiger partial charge is 0.497 e. The molecular formula is C14H19N3O4. The number of aliphatic hydroxyl groups is 1. The van der Waals surface area contributed by atoms with Gasteiger partial charge in [-0.2, -0.15) is 0 Å². The summed E-state index contributed by atoms with van der Waals surface area (Å²) in [5, 5.41) is 13.9. The van der Waals surface area contributed by atoms with Crippen molar-refractivity contribution in [3.05, 3.63) is 24.3 Å². The third kappa shape index (κ3) is 3.85. The van der Waals surface area contributed by atoms with E-state index in [1.807, 2.05) is 12.1 Å². The highest BCUT2D eigenvalue weighted by Crippen LogP contribution is 2.24. The lowest BCUT2D eigenvalue weighted by atomic mass is 10.2. The van der Waals surface area contributed by atoms with Crippen LogP contribution < -0.4 is 20.3 Å². The predicted octanol–water partition coefficient (Wildman–Crippen LogP) is 0.0920. The summed E-state index contributed by atoms with van der Waals surface area (Å²) in [4.78, 5) is 25.2. The van der Waals surface area contributed by atoms with Crippen LogP contribution in [0.15, 0.2) is 24.3 Å². The first kappa shape index (κ1) is 15.1. The average molecular weight is 293 g/mol. The minimum absolute atomic E-state index is 0.0346. The highest BCUT2D eigenvalue weighted by Gasteiger charge is 2.31. The van der Waals surface area contributed by atoms with Crippen molar-refractivity contribution >= 4 is 17.6 Å². The van der Waals surface area contributed by atoms with Gasteiger partial charge in [-0.25, -0.2) is 4.79 Å². The van der Waals surface area contributed by atoms with Crippen LogP contribution in [-0.4, -0.2) is 49.9 Å². The molecule has 3 N–H and O–H groups in total. The van der Waals surface area contributed by atoms with Crippen molar-refractivity contribution in [2.24, 2.45) is 0 Å². The highest BCUT2D eigenvalue weighted by molar-refractivity contribution is 5.96. The second-order valence-corrected chi connectivity index (χ2v) is 4.73. The predicted molar refractivity (Wildman–Crippen MR) is 77.4 cm³/mol. The summed E-state index contributed by atoms with van der Waals surface area (Å²) in [5.41, 5.74) is 0.779. The van der Waals surface area contributed by atoms with Crippen LogP contribution in [0.25, 0.3) is 0 Å². The van der Waals surface area contributed by atoms with E-state index in [0.29, 0.717) is 6.54 Å². The third-order valence-corrected chi connectivity index (χ3v) is 3.24. The summed E-state index contributed by atoms with van der Waals surface area (Å²) in [5.74, 6) is 0.691. The van der Waals surface area contributed by atoms with Crippen LogP contribution in [-0.2, 0) is 4.79 Å². The van der Waals surface area contributed by atoms with E-state index in [0.717, 1.165) is 11.4 Å². The number of ether oxygens (including phenoxy) is 1. The molecule has 0 radical (unpaired) electrons. The molecule has 0 saturated carbocycles. The van der Waals surface area contributed by atoms with Crippen molar-refractivity contribution in [1.29, 1.82) is 0 Å². The van der Waals surface area contributed by atoms with E-state index in [-0.39, 0.29) is 37.6 Å². The number of anilines is 1. The Morgan fingerprint density at radius 2 is 2.14 bits per heavy atom. The van der Waals surface area contributed by atoms with Crippen molar-refractivity contribution < 1.29 is 19.4 Å².